The molecule has 3 rings (SSSR count). The number of rotatable bonds is 5. The minimum atomic E-state index is -4.77. The zero-order valence-corrected chi connectivity index (χ0v) is 16.5. The predicted molar refractivity (Wildman–Crippen MR) is 98.7 cm³/mol. The number of aliphatic hydroxyl groups is 1. The molecule has 9 nitrogen and oxygen atoms in total. The van der Waals surface area contributed by atoms with Crippen molar-refractivity contribution >= 4 is 21.7 Å². The van der Waals surface area contributed by atoms with Gasteiger partial charge in [0.1, 0.15) is 17.8 Å². The van der Waals surface area contributed by atoms with Crippen LogP contribution in [0.2, 0.25) is 0 Å². The predicted octanol–water partition coefficient (Wildman–Crippen LogP) is 1.72. The SMILES string of the molecule is Cc1cc(Nc2ncc(C(F)(F)F)c(O[C@H]3CCOC[C@H]3O)n2)ccc1S(N)(=O)=O. The molecule has 1 aliphatic rings. The molecule has 30 heavy (non-hydrogen) atoms. The summed E-state index contributed by atoms with van der Waals surface area (Å²) < 4.78 is 73.4. The highest BCUT2D eigenvalue weighted by Crippen LogP contribution is 2.36. The van der Waals surface area contributed by atoms with Crippen LogP contribution < -0.4 is 15.2 Å². The summed E-state index contributed by atoms with van der Waals surface area (Å²) in [5.74, 6) is -0.939. The molecule has 13 heteroatoms. The fourth-order valence-corrected chi connectivity index (χ4v) is 3.64. The van der Waals surface area contributed by atoms with Gasteiger partial charge in [0, 0.05) is 18.3 Å². The van der Waals surface area contributed by atoms with Crippen LogP contribution in [0, 0.1) is 6.92 Å². The van der Waals surface area contributed by atoms with E-state index in [1.54, 1.807) is 0 Å². The summed E-state index contributed by atoms with van der Waals surface area (Å²) in [6.07, 6.45) is -6.02. The third-order valence-corrected chi connectivity index (χ3v) is 5.40. The van der Waals surface area contributed by atoms with E-state index in [0.717, 1.165) is 0 Å². The molecule has 0 amide bonds. The van der Waals surface area contributed by atoms with E-state index in [1.807, 2.05) is 0 Å². The number of halogens is 3. The molecule has 1 aromatic carbocycles. The standard InChI is InChI=1S/C17H19F3N4O5S/c1-9-6-10(2-3-14(9)30(21,26)27)23-16-22-7-11(17(18,19)20)15(24-16)29-13-4-5-28-8-12(13)25/h2-3,6-7,12-13,25H,4-5,8H2,1H3,(H2,21,26,27)(H,22,23,24)/t12-,13+/m1/s1. The number of aliphatic hydroxyl groups excluding tert-OH is 1. The van der Waals surface area contributed by atoms with Gasteiger partial charge in [-0.3, -0.25) is 0 Å². The summed E-state index contributed by atoms with van der Waals surface area (Å²) in [6.45, 7) is 1.69. The average molecular weight is 448 g/mol. The minimum Gasteiger partial charge on any atom is -0.471 e. The van der Waals surface area contributed by atoms with Crippen LogP contribution in [-0.2, 0) is 20.9 Å². The van der Waals surface area contributed by atoms with Gasteiger partial charge in [0.25, 0.3) is 0 Å². The van der Waals surface area contributed by atoms with Crippen molar-refractivity contribution < 1.29 is 36.2 Å². The Morgan fingerprint density at radius 1 is 1.37 bits per heavy atom. The normalized spacial score (nSPS) is 20.1. The number of sulfonamides is 1. The van der Waals surface area contributed by atoms with Crippen LogP contribution in [0.4, 0.5) is 24.8 Å². The lowest BCUT2D eigenvalue weighted by Crippen LogP contribution is -2.41. The number of aromatic nitrogens is 2. The number of hydrogen-bond donors (Lipinski definition) is 3. The van der Waals surface area contributed by atoms with E-state index in [2.05, 4.69) is 15.3 Å². The molecule has 1 fully saturated rings. The molecular formula is C17H19F3N4O5S. The second kappa shape index (κ2) is 8.34. The molecule has 1 aliphatic heterocycles. The quantitative estimate of drug-likeness (QED) is 0.629. The highest BCUT2D eigenvalue weighted by atomic mass is 32.2. The first kappa shape index (κ1) is 22.2. The summed E-state index contributed by atoms with van der Waals surface area (Å²) in [5.41, 5.74) is -0.527. The average Bonchev–Trinajstić information content (AvgIpc) is 2.62. The summed E-state index contributed by atoms with van der Waals surface area (Å²) in [4.78, 5) is 7.38. The largest absolute Gasteiger partial charge is 0.471 e. The first-order valence-corrected chi connectivity index (χ1v) is 10.3. The van der Waals surface area contributed by atoms with Crippen molar-refractivity contribution in [2.24, 2.45) is 5.14 Å². The van der Waals surface area contributed by atoms with Gasteiger partial charge in [0.05, 0.1) is 18.1 Å². The topological polar surface area (TPSA) is 137 Å². The van der Waals surface area contributed by atoms with Crippen LogP contribution in [0.3, 0.4) is 0 Å². The minimum absolute atomic E-state index is 0.0577. The Morgan fingerprint density at radius 3 is 2.70 bits per heavy atom. The molecule has 0 radical (unpaired) electrons. The number of hydrogen-bond acceptors (Lipinski definition) is 8. The zero-order valence-electron chi connectivity index (χ0n) is 15.7. The maximum Gasteiger partial charge on any atom is 0.423 e. The third kappa shape index (κ3) is 5.16. The lowest BCUT2D eigenvalue weighted by atomic mass is 10.1. The van der Waals surface area contributed by atoms with Crippen LogP contribution in [0.15, 0.2) is 29.3 Å². The van der Waals surface area contributed by atoms with Crippen molar-refractivity contribution in [3.63, 3.8) is 0 Å². The van der Waals surface area contributed by atoms with Crippen molar-refractivity contribution in [2.75, 3.05) is 18.5 Å². The smallest absolute Gasteiger partial charge is 0.423 e. The van der Waals surface area contributed by atoms with E-state index in [0.29, 0.717) is 17.4 Å². The van der Waals surface area contributed by atoms with Gasteiger partial charge in [-0.25, -0.2) is 18.5 Å². The van der Waals surface area contributed by atoms with E-state index in [4.69, 9.17) is 14.6 Å². The lowest BCUT2D eigenvalue weighted by Gasteiger charge is -2.28. The molecule has 0 saturated carbocycles. The first-order valence-electron chi connectivity index (χ1n) is 8.72. The number of nitrogens with zero attached hydrogens (tertiary/aromatic N) is 2. The van der Waals surface area contributed by atoms with Crippen LogP contribution in [0.5, 0.6) is 5.88 Å². The number of primary sulfonamides is 1. The second-order valence-electron chi connectivity index (χ2n) is 6.65. The lowest BCUT2D eigenvalue weighted by molar-refractivity contribution is -0.141. The van der Waals surface area contributed by atoms with Gasteiger partial charge in [0.2, 0.25) is 21.9 Å². The molecule has 4 N–H and O–H groups in total. The number of aryl methyl sites for hydroxylation is 1. The monoisotopic (exact) mass is 448 g/mol. The van der Waals surface area contributed by atoms with Crippen LogP contribution >= 0.6 is 0 Å². The Hall–Kier alpha value is -2.48. The number of anilines is 2. The zero-order chi connectivity index (χ0) is 22.1. The molecule has 0 bridgehead atoms. The van der Waals surface area contributed by atoms with Crippen molar-refractivity contribution in [1.29, 1.82) is 0 Å². The summed E-state index contributed by atoms with van der Waals surface area (Å²) in [5, 5.41) is 17.7. The molecule has 164 valence electrons. The van der Waals surface area contributed by atoms with Gasteiger partial charge < -0.3 is 19.9 Å². The van der Waals surface area contributed by atoms with Crippen LogP contribution in [-0.4, -0.2) is 48.9 Å². The van der Waals surface area contributed by atoms with Crippen molar-refractivity contribution in [1.82, 2.24) is 9.97 Å². The third-order valence-electron chi connectivity index (χ3n) is 4.32. The van der Waals surface area contributed by atoms with E-state index in [9.17, 15) is 26.7 Å². The second-order valence-corrected chi connectivity index (χ2v) is 8.18. The van der Waals surface area contributed by atoms with Crippen molar-refractivity contribution in [3.05, 3.63) is 35.5 Å². The van der Waals surface area contributed by atoms with Gasteiger partial charge in [-0.1, -0.05) is 0 Å². The molecule has 2 aromatic rings. The summed E-state index contributed by atoms with van der Waals surface area (Å²) in [7, 11) is -3.91. The molecule has 0 aliphatic carbocycles. The van der Waals surface area contributed by atoms with E-state index in [-0.39, 0.29) is 30.5 Å². The van der Waals surface area contributed by atoms with Gasteiger partial charge in [-0.2, -0.15) is 18.2 Å². The van der Waals surface area contributed by atoms with Crippen molar-refractivity contribution in [2.45, 2.75) is 36.6 Å². The summed E-state index contributed by atoms with van der Waals surface area (Å²) in [6, 6.07) is 4.06. The molecule has 2 atom stereocenters. The summed E-state index contributed by atoms with van der Waals surface area (Å²) >= 11 is 0. The first-order chi connectivity index (χ1) is 13.9. The van der Waals surface area contributed by atoms with Crippen LogP contribution in [0.25, 0.3) is 0 Å². The number of nitrogens with two attached hydrogens (primary N) is 1. The van der Waals surface area contributed by atoms with Gasteiger partial charge >= 0.3 is 6.18 Å². The van der Waals surface area contributed by atoms with E-state index < -0.39 is 39.9 Å². The molecular weight excluding hydrogens is 429 g/mol. The van der Waals surface area contributed by atoms with Crippen molar-refractivity contribution in [3.8, 4) is 5.88 Å². The number of ether oxygens (including phenoxy) is 2. The molecule has 1 aromatic heterocycles. The Morgan fingerprint density at radius 2 is 2.10 bits per heavy atom. The molecule has 0 spiro atoms. The Kier molecular flexibility index (Phi) is 6.17. The van der Waals surface area contributed by atoms with E-state index in [1.165, 1.54) is 25.1 Å². The number of benzene rings is 1. The van der Waals surface area contributed by atoms with Gasteiger partial charge in [0.15, 0.2) is 0 Å². The van der Waals surface area contributed by atoms with Crippen LogP contribution in [0.1, 0.15) is 17.5 Å². The molecule has 2 heterocycles. The highest BCUT2D eigenvalue weighted by Gasteiger charge is 2.38. The fourth-order valence-electron chi connectivity index (χ4n) is 2.87. The molecule has 1 saturated heterocycles. The maximum atomic E-state index is 13.3. The van der Waals surface area contributed by atoms with Gasteiger partial charge in [-0.05, 0) is 30.7 Å². The number of nitrogens with one attached hydrogen (secondary N) is 1. The Bertz CT molecular complexity index is 1030. The fraction of sp³-hybridized carbons (Fsp3) is 0.412. The highest BCUT2D eigenvalue weighted by molar-refractivity contribution is 7.89. The maximum absolute atomic E-state index is 13.3. The van der Waals surface area contributed by atoms with Gasteiger partial charge in [-0.15, -0.1) is 0 Å². The molecule has 0 unspecified atom stereocenters. The Balaban J connectivity index is 1.90. The van der Waals surface area contributed by atoms with E-state index >= 15 is 0 Å². The number of alkyl halides is 3. The Labute approximate surface area is 170 Å².